The summed E-state index contributed by atoms with van der Waals surface area (Å²) in [4.78, 5) is 3.60. The fourth-order valence-electron chi connectivity index (χ4n) is 1.92. The Hall–Kier alpha value is 0.310. The lowest BCUT2D eigenvalue weighted by atomic mass is 9.95. The van der Waals surface area contributed by atoms with Crippen LogP contribution in [-0.2, 0) is 11.3 Å². The molecule has 0 amide bonds. The van der Waals surface area contributed by atoms with Gasteiger partial charge in [0.1, 0.15) is 5.60 Å². The van der Waals surface area contributed by atoms with Crippen LogP contribution in [0.2, 0.25) is 0 Å². The van der Waals surface area contributed by atoms with Gasteiger partial charge in [0.05, 0.1) is 6.61 Å². The molecule has 1 aliphatic rings. The highest BCUT2D eigenvalue weighted by atomic mass is 127. The number of hydrogen-bond donors (Lipinski definition) is 1. The molecule has 0 aliphatic carbocycles. The molecule has 0 aromatic carbocycles. The Balaban J connectivity index is 1.80. The standard InChI is InChI=1S/C10H14INO2S/c1-14-7-10(13)5-12(6-10)3-9-2-8(11)4-15-9/h2,4,13H,3,5-7H2,1H3. The maximum Gasteiger partial charge on any atom is 0.113 e. The molecule has 1 aromatic heterocycles. The summed E-state index contributed by atoms with van der Waals surface area (Å²) < 4.78 is 6.27. The molecular formula is C10H14INO2S. The molecular weight excluding hydrogens is 325 g/mol. The first-order chi connectivity index (χ1) is 7.11. The van der Waals surface area contributed by atoms with Crippen molar-refractivity contribution < 1.29 is 9.84 Å². The molecule has 15 heavy (non-hydrogen) atoms. The van der Waals surface area contributed by atoms with Gasteiger partial charge in [-0.3, -0.25) is 4.90 Å². The second-order valence-corrected chi connectivity index (χ2v) is 6.28. The van der Waals surface area contributed by atoms with E-state index in [1.165, 1.54) is 8.45 Å². The molecule has 5 heteroatoms. The summed E-state index contributed by atoms with van der Waals surface area (Å²) in [6.07, 6.45) is 0. The zero-order valence-corrected chi connectivity index (χ0v) is 11.5. The van der Waals surface area contributed by atoms with Crippen LogP contribution in [0.4, 0.5) is 0 Å². The number of nitrogens with zero attached hydrogens (tertiary/aromatic N) is 1. The van der Waals surface area contributed by atoms with Crippen LogP contribution in [-0.4, -0.2) is 42.4 Å². The zero-order chi connectivity index (χ0) is 10.9. The molecule has 0 bridgehead atoms. The number of halogens is 1. The highest BCUT2D eigenvalue weighted by Gasteiger charge is 2.40. The van der Waals surface area contributed by atoms with E-state index in [0.717, 1.165) is 19.6 Å². The lowest BCUT2D eigenvalue weighted by Gasteiger charge is -2.45. The lowest BCUT2D eigenvalue weighted by Crippen LogP contribution is -2.63. The molecule has 0 saturated carbocycles. The van der Waals surface area contributed by atoms with Crippen LogP contribution in [0.5, 0.6) is 0 Å². The van der Waals surface area contributed by atoms with Gasteiger partial charge in [0, 0.05) is 40.6 Å². The molecule has 3 nitrogen and oxygen atoms in total. The Morgan fingerprint density at radius 1 is 1.67 bits per heavy atom. The number of likely N-dealkylation sites (tertiary alicyclic amines) is 1. The summed E-state index contributed by atoms with van der Waals surface area (Å²) in [5, 5.41) is 12.0. The molecule has 2 rings (SSSR count). The van der Waals surface area contributed by atoms with E-state index in [2.05, 4.69) is 38.9 Å². The van der Waals surface area contributed by atoms with Crippen molar-refractivity contribution in [2.24, 2.45) is 0 Å². The third-order valence-electron chi connectivity index (χ3n) is 2.45. The van der Waals surface area contributed by atoms with E-state index in [9.17, 15) is 5.11 Å². The summed E-state index contributed by atoms with van der Waals surface area (Å²) >= 11 is 4.10. The predicted octanol–water partition coefficient (Wildman–Crippen LogP) is 1.55. The maximum atomic E-state index is 9.90. The molecule has 1 N–H and O–H groups in total. The summed E-state index contributed by atoms with van der Waals surface area (Å²) in [5.74, 6) is 0. The normalized spacial score (nSPS) is 20.2. The fraction of sp³-hybridized carbons (Fsp3) is 0.600. The van der Waals surface area contributed by atoms with E-state index in [1.807, 2.05) is 0 Å². The summed E-state index contributed by atoms with van der Waals surface area (Å²) in [7, 11) is 1.63. The summed E-state index contributed by atoms with van der Waals surface area (Å²) in [6.45, 7) is 2.82. The minimum Gasteiger partial charge on any atom is -0.385 e. The first-order valence-corrected chi connectivity index (χ1v) is 6.74. The third kappa shape index (κ3) is 2.91. The Kier molecular flexibility index (Phi) is 3.67. The van der Waals surface area contributed by atoms with Crippen LogP contribution in [0, 0.1) is 3.57 Å². The third-order valence-corrected chi connectivity index (χ3v) is 4.42. The van der Waals surface area contributed by atoms with Crippen molar-refractivity contribution >= 4 is 33.9 Å². The van der Waals surface area contributed by atoms with Gasteiger partial charge in [-0.15, -0.1) is 11.3 Å². The lowest BCUT2D eigenvalue weighted by molar-refractivity contribution is -0.135. The number of aliphatic hydroxyl groups is 1. The Bertz CT molecular complexity index is 336. The van der Waals surface area contributed by atoms with Crippen LogP contribution in [0.15, 0.2) is 11.4 Å². The molecule has 1 saturated heterocycles. The van der Waals surface area contributed by atoms with Crippen LogP contribution in [0.1, 0.15) is 4.88 Å². The van der Waals surface area contributed by atoms with Gasteiger partial charge >= 0.3 is 0 Å². The number of β-amino-alcohol motifs (C(OH)–C–C–N with tert-alkyl or cyclic N) is 1. The van der Waals surface area contributed by atoms with E-state index in [0.29, 0.717) is 6.61 Å². The fourth-order valence-corrected chi connectivity index (χ4v) is 3.67. The average molecular weight is 339 g/mol. The zero-order valence-electron chi connectivity index (χ0n) is 8.57. The maximum absolute atomic E-state index is 9.90. The molecule has 1 aromatic rings. The topological polar surface area (TPSA) is 32.7 Å². The highest BCUT2D eigenvalue weighted by Crippen LogP contribution is 2.25. The smallest absolute Gasteiger partial charge is 0.113 e. The van der Waals surface area contributed by atoms with Gasteiger partial charge in [-0.1, -0.05) is 0 Å². The van der Waals surface area contributed by atoms with Gasteiger partial charge < -0.3 is 9.84 Å². The van der Waals surface area contributed by atoms with Crippen molar-refractivity contribution in [2.45, 2.75) is 12.1 Å². The molecule has 0 atom stereocenters. The van der Waals surface area contributed by atoms with Gasteiger partial charge in [0.25, 0.3) is 0 Å². The van der Waals surface area contributed by atoms with Crippen LogP contribution < -0.4 is 0 Å². The van der Waals surface area contributed by atoms with Crippen molar-refractivity contribution in [3.63, 3.8) is 0 Å². The largest absolute Gasteiger partial charge is 0.385 e. The first-order valence-electron chi connectivity index (χ1n) is 4.78. The Morgan fingerprint density at radius 2 is 2.40 bits per heavy atom. The van der Waals surface area contributed by atoms with Gasteiger partial charge in [-0.25, -0.2) is 0 Å². The second-order valence-electron chi connectivity index (χ2n) is 4.03. The molecule has 0 unspecified atom stereocenters. The summed E-state index contributed by atoms with van der Waals surface area (Å²) in [5.41, 5.74) is -0.612. The van der Waals surface area contributed by atoms with Crippen LogP contribution in [0.3, 0.4) is 0 Å². The number of hydrogen-bond acceptors (Lipinski definition) is 4. The van der Waals surface area contributed by atoms with Crippen LogP contribution in [0.25, 0.3) is 0 Å². The predicted molar refractivity (Wildman–Crippen MR) is 69.1 cm³/mol. The second kappa shape index (κ2) is 4.67. The molecule has 1 aliphatic heterocycles. The molecule has 1 fully saturated rings. The van der Waals surface area contributed by atoms with Gasteiger partial charge in [0.2, 0.25) is 0 Å². The van der Waals surface area contributed by atoms with Crippen molar-refractivity contribution in [1.29, 1.82) is 0 Å². The van der Waals surface area contributed by atoms with Crippen molar-refractivity contribution in [3.05, 3.63) is 19.9 Å². The number of thiophene rings is 1. The average Bonchev–Trinajstić information content (AvgIpc) is 2.49. The summed E-state index contributed by atoms with van der Waals surface area (Å²) in [6, 6.07) is 2.19. The minimum absolute atomic E-state index is 0.436. The quantitative estimate of drug-likeness (QED) is 0.845. The van der Waals surface area contributed by atoms with Gasteiger partial charge in [-0.2, -0.15) is 0 Å². The SMILES string of the molecule is COCC1(O)CN(Cc2cc(I)cs2)C1. The molecule has 84 valence electrons. The van der Waals surface area contributed by atoms with Crippen LogP contribution >= 0.6 is 33.9 Å². The van der Waals surface area contributed by atoms with E-state index < -0.39 is 5.60 Å². The highest BCUT2D eigenvalue weighted by molar-refractivity contribution is 14.1. The number of rotatable bonds is 4. The number of methoxy groups -OCH3 is 1. The Labute approximate surface area is 107 Å². The van der Waals surface area contributed by atoms with Crippen molar-refractivity contribution in [3.8, 4) is 0 Å². The van der Waals surface area contributed by atoms with E-state index >= 15 is 0 Å². The van der Waals surface area contributed by atoms with Gasteiger partial charge in [0.15, 0.2) is 0 Å². The van der Waals surface area contributed by atoms with E-state index in [-0.39, 0.29) is 0 Å². The monoisotopic (exact) mass is 339 g/mol. The molecule has 2 heterocycles. The van der Waals surface area contributed by atoms with E-state index in [1.54, 1.807) is 18.4 Å². The minimum atomic E-state index is -0.612. The molecule has 0 spiro atoms. The van der Waals surface area contributed by atoms with Crippen molar-refractivity contribution in [1.82, 2.24) is 4.90 Å². The number of ether oxygens (including phenoxy) is 1. The van der Waals surface area contributed by atoms with E-state index in [4.69, 9.17) is 4.74 Å². The first kappa shape index (κ1) is 11.8. The molecule has 0 radical (unpaired) electrons. The van der Waals surface area contributed by atoms with Crippen molar-refractivity contribution in [2.75, 3.05) is 26.8 Å². The van der Waals surface area contributed by atoms with Gasteiger partial charge in [-0.05, 0) is 28.7 Å². The Morgan fingerprint density at radius 3 is 2.93 bits per heavy atom.